The minimum absolute atomic E-state index is 0.0557. The largest absolute Gasteiger partial charge is 0.493 e. The Morgan fingerprint density at radius 3 is 2.58 bits per heavy atom. The molecule has 0 spiro atoms. The molecule has 0 bridgehead atoms. The Morgan fingerprint density at radius 2 is 1.84 bits per heavy atom. The molecule has 0 fully saturated rings. The van der Waals surface area contributed by atoms with Crippen LogP contribution in [0.3, 0.4) is 0 Å². The third kappa shape index (κ3) is 6.70. The van der Waals surface area contributed by atoms with Crippen LogP contribution in [0.2, 0.25) is 5.02 Å². The number of benzene rings is 2. The molecule has 0 saturated heterocycles. The van der Waals surface area contributed by atoms with Crippen LogP contribution in [0.15, 0.2) is 67.0 Å². The number of methoxy groups -OCH3 is 1. The second-order valence-corrected chi connectivity index (χ2v) is 7.34. The molecule has 0 aliphatic rings. The van der Waals surface area contributed by atoms with E-state index < -0.39 is 0 Å². The van der Waals surface area contributed by atoms with Gasteiger partial charge in [-0.3, -0.25) is 9.78 Å². The van der Waals surface area contributed by atoms with Crippen LogP contribution in [0.25, 0.3) is 0 Å². The molecule has 7 heteroatoms. The lowest BCUT2D eigenvalue weighted by Crippen LogP contribution is -2.30. The van der Waals surface area contributed by atoms with Gasteiger partial charge >= 0.3 is 0 Å². The fraction of sp³-hybridized carbons (Fsp3) is 0.250. The van der Waals surface area contributed by atoms with Gasteiger partial charge in [-0.05, 0) is 53.9 Å². The summed E-state index contributed by atoms with van der Waals surface area (Å²) in [5, 5.41) is 3.55. The van der Waals surface area contributed by atoms with E-state index in [2.05, 4.69) is 10.3 Å². The van der Waals surface area contributed by atoms with Crippen LogP contribution >= 0.6 is 11.6 Å². The number of hydrogen-bond acceptors (Lipinski definition) is 5. The maximum Gasteiger partial charge on any atom is 0.246 e. The Kier molecular flexibility index (Phi) is 8.27. The molecule has 0 aliphatic carbocycles. The third-order valence-electron chi connectivity index (χ3n) is 4.66. The predicted molar refractivity (Wildman–Crippen MR) is 119 cm³/mol. The van der Waals surface area contributed by atoms with E-state index in [0.29, 0.717) is 23.1 Å². The van der Waals surface area contributed by atoms with Gasteiger partial charge in [-0.15, -0.1) is 0 Å². The van der Waals surface area contributed by atoms with Gasteiger partial charge in [0, 0.05) is 17.4 Å². The molecule has 6 nitrogen and oxygen atoms in total. The molecule has 1 amide bonds. The van der Waals surface area contributed by atoms with Crippen LogP contribution in [0.1, 0.15) is 29.7 Å². The summed E-state index contributed by atoms with van der Waals surface area (Å²) in [6.07, 6.45) is 3.45. The number of pyridine rings is 1. The van der Waals surface area contributed by atoms with Crippen LogP contribution in [0, 0.1) is 0 Å². The number of ether oxygens (including phenoxy) is 3. The van der Waals surface area contributed by atoms with E-state index in [1.165, 1.54) is 0 Å². The summed E-state index contributed by atoms with van der Waals surface area (Å²) < 4.78 is 16.8. The van der Waals surface area contributed by atoms with Gasteiger partial charge in [0.2, 0.25) is 5.91 Å². The Morgan fingerprint density at radius 1 is 1.06 bits per heavy atom. The molecule has 31 heavy (non-hydrogen) atoms. The second kappa shape index (κ2) is 11.3. The topological polar surface area (TPSA) is 69.7 Å². The van der Waals surface area contributed by atoms with Crippen molar-refractivity contribution in [1.29, 1.82) is 0 Å². The van der Waals surface area contributed by atoms with Gasteiger partial charge in [0.25, 0.3) is 0 Å². The van der Waals surface area contributed by atoms with E-state index in [1.807, 2.05) is 55.5 Å². The number of carbonyl (C=O) groups excluding carboxylic acids is 1. The number of hydrogen-bond donors (Lipinski definition) is 1. The van der Waals surface area contributed by atoms with Crippen molar-refractivity contribution in [2.45, 2.75) is 26.2 Å². The number of aromatic nitrogens is 1. The summed E-state index contributed by atoms with van der Waals surface area (Å²) in [5.41, 5.74) is 2.75. The van der Waals surface area contributed by atoms with Crippen molar-refractivity contribution in [3.63, 3.8) is 0 Å². The van der Waals surface area contributed by atoms with Gasteiger partial charge in [0.1, 0.15) is 13.2 Å². The van der Waals surface area contributed by atoms with Gasteiger partial charge in [-0.25, -0.2) is 0 Å². The van der Waals surface area contributed by atoms with E-state index in [9.17, 15) is 4.79 Å². The van der Waals surface area contributed by atoms with Gasteiger partial charge in [0.15, 0.2) is 11.5 Å². The van der Waals surface area contributed by atoms with Crippen molar-refractivity contribution in [2.75, 3.05) is 13.7 Å². The van der Waals surface area contributed by atoms with Crippen molar-refractivity contribution in [1.82, 2.24) is 10.3 Å². The summed E-state index contributed by atoms with van der Waals surface area (Å²) in [5.74, 6) is 1.02. The SMILES string of the molecule is COc1cc(C(C)NC(=O)COCc2ccccc2Cl)ccc1OCc1ccncc1. The number of nitrogens with one attached hydrogen (secondary N) is 1. The lowest BCUT2D eigenvalue weighted by Gasteiger charge is -2.17. The van der Waals surface area contributed by atoms with Gasteiger partial charge < -0.3 is 19.5 Å². The van der Waals surface area contributed by atoms with Gasteiger partial charge in [-0.2, -0.15) is 0 Å². The molecule has 0 saturated carbocycles. The molecule has 1 N–H and O–H groups in total. The number of rotatable bonds is 10. The van der Waals surface area contributed by atoms with Crippen LogP contribution in [-0.2, 0) is 22.7 Å². The molecule has 3 aromatic rings. The Hall–Kier alpha value is -3.09. The van der Waals surface area contributed by atoms with Crippen molar-refractivity contribution < 1.29 is 19.0 Å². The van der Waals surface area contributed by atoms with Crippen molar-refractivity contribution >= 4 is 17.5 Å². The van der Waals surface area contributed by atoms with E-state index in [4.69, 9.17) is 25.8 Å². The molecule has 1 aromatic heterocycles. The van der Waals surface area contributed by atoms with Crippen LogP contribution in [-0.4, -0.2) is 24.6 Å². The highest BCUT2D eigenvalue weighted by Crippen LogP contribution is 2.31. The molecule has 1 heterocycles. The first-order chi connectivity index (χ1) is 15.1. The van der Waals surface area contributed by atoms with E-state index in [1.54, 1.807) is 25.6 Å². The zero-order chi connectivity index (χ0) is 22.1. The molecule has 0 radical (unpaired) electrons. The zero-order valence-electron chi connectivity index (χ0n) is 17.5. The van der Waals surface area contributed by atoms with Crippen molar-refractivity contribution in [2.24, 2.45) is 0 Å². The monoisotopic (exact) mass is 440 g/mol. The maximum atomic E-state index is 12.3. The lowest BCUT2D eigenvalue weighted by atomic mass is 10.1. The standard InChI is InChI=1S/C24H25ClN2O4/c1-17(27-24(28)16-30-15-20-5-3-4-6-21(20)25)19-7-8-22(23(13-19)29-2)31-14-18-9-11-26-12-10-18/h3-13,17H,14-16H2,1-2H3,(H,27,28). The summed E-state index contributed by atoms with van der Waals surface area (Å²) in [4.78, 5) is 16.2. The minimum Gasteiger partial charge on any atom is -0.493 e. The van der Waals surface area contributed by atoms with Crippen molar-refractivity contribution in [3.05, 3.63) is 88.7 Å². The predicted octanol–water partition coefficient (Wildman–Crippen LogP) is 4.72. The Bertz CT molecular complexity index is 998. The number of nitrogens with zero attached hydrogens (tertiary/aromatic N) is 1. The normalized spacial score (nSPS) is 11.6. The first-order valence-electron chi connectivity index (χ1n) is 9.87. The highest BCUT2D eigenvalue weighted by atomic mass is 35.5. The van der Waals surface area contributed by atoms with Crippen LogP contribution < -0.4 is 14.8 Å². The molecular weight excluding hydrogens is 416 g/mol. The molecule has 162 valence electrons. The van der Waals surface area contributed by atoms with Crippen molar-refractivity contribution in [3.8, 4) is 11.5 Å². The highest BCUT2D eigenvalue weighted by Gasteiger charge is 2.14. The molecule has 2 aromatic carbocycles. The van der Waals surface area contributed by atoms with E-state index in [-0.39, 0.29) is 25.2 Å². The molecule has 3 rings (SSSR count). The fourth-order valence-electron chi connectivity index (χ4n) is 2.95. The summed E-state index contributed by atoms with van der Waals surface area (Å²) in [6, 6.07) is 16.6. The lowest BCUT2D eigenvalue weighted by molar-refractivity contribution is -0.126. The molecule has 0 aliphatic heterocycles. The molecule has 1 unspecified atom stereocenters. The quantitative estimate of drug-likeness (QED) is 0.494. The molecular formula is C24H25ClN2O4. The first kappa shape index (κ1) is 22.6. The Labute approximate surface area is 187 Å². The van der Waals surface area contributed by atoms with Gasteiger partial charge in [-0.1, -0.05) is 35.9 Å². The van der Waals surface area contributed by atoms with E-state index >= 15 is 0 Å². The average Bonchev–Trinajstić information content (AvgIpc) is 2.79. The summed E-state index contributed by atoms with van der Waals surface area (Å²) in [7, 11) is 1.59. The fourth-order valence-corrected chi connectivity index (χ4v) is 3.14. The van der Waals surface area contributed by atoms with Crippen LogP contribution in [0.5, 0.6) is 11.5 Å². The Balaban J connectivity index is 1.52. The summed E-state index contributed by atoms with van der Waals surface area (Å²) in [6.45, 7) is 2.53. The minimum atomic E-state index is -0.223. The number of carbonyl (C=O) groups is 1. The zero-order valence-corrected chi connectivity index (χ0v) is 18.3. The maximum absolute atomic E-state index is 12.3. The second-order valence-electron chi connectivity index (χ2n) is 6.93. The van der Waals surface area contributed by atoms with E-state index in [0.717, 1.165) is 16.7 Å². The molecule has 1 atom stereocenters. The van der Waals surface area contributed by atoms with Gasteiger partial charge in [0.05, 0.1) is 19.8 Å². The summed E-state index contributed by atoms with van der Waals surface area (Å²) >= 11 is 6.10. The highest BCUT2D eigenvalue weighted by molar-refractivity contribution is 6.31. The van der Waals surface area contributed by atoms with Crippen LogP contribution in [0.4, 0.5) is 0 Å². The third-order valence-corrected chi connectivity index (χ3v) is 5.03. The smallest absolute Gasteiger partial charge is 0.246 e. The average molecular weight is 441 g/mol. The number of halogens is 1. The number of amides is 1. The first-order valence-corrected chi connectivity index (χ1v) is 10.2.